The molecule has 9 heteroatoms. The monoisotopic (exact) mass is 356 g/mol. The number of benzene rings is 1. The van der Waals surface area contributed by atoms with Crippen LogP contribution < -0.4 is 5.73 Å². The number of morpholine rings is 1. The molecule has 3 heterocycles. The molecule has 0 spiro atoms. The summed E-state index contributed by atoms with van der Waals surface area (Å²) in [4.78, 5) is 19.3. The number of hydrogen-bond acceptors (Lipinski definition) is 7. The Morgan fingerprint density at radius 1 is 1.23 bits per heavy atom. The van der Waals surface area contributed by atoms with E-state index >= 15 is 0 Å². The van der Waals surface area contributed by atoms with E-state index in [1.165, 1.54) is 0 Å². The fourth-order valence-electron chi connectivity index (χ4n) is 3.38. The van der Waals surface area contributed by atoms with Gasteiger partial charge in [0.2, 0.25) is 5.91 Å². The highest BCUT2D eigenvalue weighted by Crippen LogP contribution is 2.26. The molecule has 1 fully saturated rings. The SMILES string of the molecule is C[C@@H]1CN(C(=O)Cn2c(-c3nonc3N)nc3ccccc32)C[C@@H](C)O1. The van der Waals surface area contributed by atoms with Crippen LogP contribution in [-0.4, -0.2) is 56.0 Å². The van der Waals surface area contributed by atoms with E-state index in [1.54, 1.807) is 4.57 Å². The highest BCUT2D eigenvalue weighted by molar-refractivity contribution is 5.85. The van der Waals surface area contributed by atoms with E-state index in [-0.39, 0.29) is 30.5 Å². The first kappa shape index (κ1) is 16.5. The molecule has 0 unspecified atom stereocenters. The minimum absolute atomic E-state index is 0.00794. The number of nitrogens with two attached hydrogens (primary N) is 1. The van der Waals surface area contributed by atoms with Crippen molar-refractivity contribution >= 4 is 22.8 Å². The molecule has 3 aromatic rings. The molecule has 0 aliphatic carbocycles. The molecule has 136 valence electrons. The van der Waals surface area contributed by atoms with Crippen LogP contribution in [0.4, 0.5) is 5.82 Å². The lowest BCUT2D eigenvalue weighted by Gasteiger charge is -2.35. The standard InChI is InChI=1S/C17H20N6O3/c1-10-7-22(8-11(2)25-10)14(24)9-23-13-6-4-3-5-12(13)19-17(23)15-16(18)21-26-20-15/h3-6,10-11H,7-9H2,1-2H3,(H2,18,21)/t10-,11-/m1/s1. The van der Waals surface area contributed by atoms with Crippen molar-refractivity contribution in [1.29, 1.82) is 0 Å². The summed E-state index contributed by atoms with van der Waals surface area (Å²) in [6, 6.07) is 7.58. The lowest BCUT2D eigenvalue weighted by molar-refractivity contribution is -0.143. The number of imidazole rings is 1. The van der Waals surface area contributed by atoms with E-state index in [9.17, 15) is 4.79 Å². The van der Waals surface area contributed by atoms with Gasteiger partial charge in [0.15, 0.2) is 17.3 Å². The maximum absolute atomic E-state index is 12.9. The summed E-state index contributed by atoms with van der Waals surface area (Å²) in [6.07, 6.45) is 0.0224. The number of rotatable bonds is 3. The number of nitrogen functional groups attached to an aromatic ring is 1. The average molecular weight is 356 g/mol. The lowest BCUT2D eigenvalue weighted by atomic mass is 10.2. The van der Waals surface area contributed by atoms with Crippen LogP contribution in [0.5, 0.6) is 0 Å². The Morgan fingerprint density at radius 3 is 2.65 bits per heavy atom. The van der Waals surface area contributed by atoms with Crippen molar-refractivity contribution in [3.8, 4) is 11.5 Å². The number of carbonyl (C=O) groups is 1. The summed E-state index contributed by atoms with van der Waals surface area (Å²) in [6.45, 7) is 5.20. The molecule has 1 amide bonds. The minimum atomic E-state index is -0.00794. The number of anilines is 1. The summed E-state index contributed by atoms with van der Waals surface area (Å²) in [5.41, 5.74) is 7.75. The van der Waals surface area contributed by atoms with Crippen molar-refractivity contribution in [3.05, 3.63) is 24.3 Å². The fraction of sp³-hybridized carbons (Fsp3) is 0.412. The molecule has 1 aliphatic heterocycles. The van der Waals surface area contributed by atoms with E-state index in [2.05, 4.69) is 15.3 Å². The van der Waals surface area contributed by atoms with Gasteiger partial charge in [-0.15, -0.1) is 0 Å². The van der Waals surface area contributed by atoms with Crippen LogP contribution in [-0.2, 0) is 16.1 Å². The number of nitrogens with zero attached hydrogens (tertiary/aromatic N) is 5. The van der Waals surface area contributed by atoms with Gasteiger partial charge in [-0.3, -0.25) is 4.79 Å². The normalized spacial score (nSPS) is 20.6. The van der Waals surface area contributed by atoms with Gasteiger partial charge in [-0.05, 0) is 36.3 Å². The lowest BCUT2D eigenvalue weighted by Crippen LogP contribution is -2.49. The average Bonchev–Trinajstić information content (AvgIpc) is 3.17. The van der Waals surface area contributed by atoms with Gasteiger partial charge in [-0.1, -0.05) is 12.1 Å². The van der Waals surface area contributed by atoms with E-state index in [1.807, 2.05) is 43.0 Å². The quantitative estimate of drug-likeness (QED) is 0.753. The molecular formula is C17H20N6O3. The highest BCUT2D eigenvalue weighted by atomic mass is 16.6. The molecular weight excluding hydrogens is 336 g/mol. The van der Waals surface area contributed by atoms with Crippen LogP contribution in [0.3, 0.4) is 0 Å². The smallest absolute Gasteiger partial charge is 0.242 e. The maximum atomic E-state index is 12.9. The van der Waals surface area contributed by atoms with Crippen molar-refractivity contribution in [2.45, 2.75) is 32.6 Å². The van der Waals surface area contributed by atoms with Crippen molar-refractivity contribution < 1.29 is 14.2 Å². The van der Waals surface area contributed by atoms with E-state index in [4.69, 9.17) is 15.1 Å². The molecule has 1 saturated heterocycles. The van der Waals surface area contributed by atoms with Gasteiger partial charge in [0.25, 0.3) is 0 Å². The Balaban J connectivity index is 1.71. The van der Waals surface area contributed by atoms with Gasteiger partial charge in [0.1, 0.15) is 6.54 Å². The van der Waals surface area contributed by atoms with Gasteiger partial charge in [-0.25, -0.2) is 9.61 Å². The molecule has 1 aromatic carbocycles. The molecule has 4 rings (SSSR count). The van der Waals surface area contributed by atoms with Crippen LogP contribution in [0, 0.1) is 0 Å². The molecule has 0 saturated carbocycles. The Kier molecular flexibility index (Phi) is 4.08. The van der Waals surface area contributed by atoms with Crippen molar-refractivity contribution in [3.63, 3.8) is 0 Å². The van der Waals surface area contributed by atoms with E-state index in [0.717, 1.165) is 11.0 Å². The van der Waals surface area contributed by atoms with Crippen molar-refractivity contribution in [1.82, 2.24) is 24.8 Å². The van der Waals surface area contributed by atoms with Gasteiger partial charge in [-0.2, -0.15) is 0 Å². The third-order valence-electron chi connectivity index (χ3n) is 4.45. The number of amides is 1. The van der Waals surface area contributed by atoms with Crippen LogP contribution >= 0.6 is 0 Å². The predicted octanol–water partition coefficient (Wildman–Crippen LogP) is 1.30. The predicted molar refractivity (Wildman–Crippen MR) is 94.0 cm³/mol. The Hall–Kier alpha value is -2.94. The van der Waals surface area contributed by atoms with Gasteiger partial charge < -0.3 is 19.9 Å². The van der Waals surface area contributed by atoms with Crippen molar-refractivity contribution in [2.24, 2.45) is 0 Å². The number of fused-ring (bicyclic) bond motifs is 1. The largest absolute Gasteiger partial charge is 0.379 e. The molecule has 2 aromatic heterocycles. The Labute approximate surface area is 149 Å². The molecule has 2 atom stereocenters. The van der Waals surface area contributed by atoms with Crippen molar-refractivity contribution in [2.75, 3.05) is 18.8 Å². The summed E-state index contributed by atoms with van der Waals surface area (Å²) < 4.78 is 12.2. The zero-order chi connectivity index (χ0) is 18.3. The second-order valence-electron chi connectivity index (χ2n) is 6.56. The highest BCUT2D eigenvalue weighted by Gasteiger charge is 2.27. The zero-order valence-electron chi connectivity index (χ0n) is 14.6. The number of para-hydroxylation sites is 2. The van der Waals surface area contributed by atoms with Gasteiger partial charge >= 0.3 is 0 Å². The van der Waals surface area contributed by atoms with Crippen LogP contribution in [0.25, 0.3) is 22.6 Å². The maximum Gasteiger partial charge on any atom is 0.242 e. The number of aromatic nitrogens is 4. The summed E-state index contributed by atoms with van der Waals surface area (Å²) >= 11 is 0. The summed E-state index contributed by atoms with van der Waals surface area (Å²) in [7, 11) is 0. The van der Waals surface area contributed by atoms with Crippen LogP contribution in [0.2, 0.25) is 0 Å². The van der Waals surface area contributed by atoms with E-state index < -0.39 is 0 Å². The molecule has 0 bridgehead atoms. The van der Waals surface area contributed by atoms with E-state index in [0.29, 0.717) is 24.6 Å². The third kappa shape index (κ3) is 2.90. The number of carbonyl (C=O) groups excluding carboxylic acids is 1. The Morgan fingerprint density at radius 2 is 1.96 bits per heavy atom. The molecule has 2 N–H and O–H groups in total. The Bertz CT molecular complexity index is 939. The molecule has 9 nitrogen and oxygen atoms in total. The first-order valence-electron chi connectivity index (χ1n) is 8.50. The van der Waals surface area contributed by atoms with Crippen LogP contribution in [0.1, 0.15) is 13.8 Å². The van der Waals surface area contributed by atoms with Gasteiger partial charge in [0.05, 0.1) is 23.2 Å². The second kappa shape index (κ2) is 6.41. The summed E-state index contributed by atoms with van der Waals surface area (Å²) in [5.74, 6) is 0.599. The number of hydrogen-bond donors (Lipinski definition) is 1. The third-order valence-corrected chi connectivity index (χ3v) is 4.45. The number of ether oxygens (including phenoxy) is 1. The van der Waals surface area contributed by atoms with Crippen LogP contribution in [0.15, 0.2) is 28.9 Å². The second-order valence-corrected chi connectivity index (χ2v) is 6.56. The topological polar surface area (TPSA) is 112 Å². The van der Waals surface area contributed by atoms with Gasteiger partial charge in [0, 0.05) is 13.1 Å². The minimum Gasteiger partial charge on any atom is -0.379 e. The zero-order valence-corrected chi connectivity index (χ0v) is 14.6. The first-order chi connectivity index (χ1) is 12.5. The fourth-order valence-corrected chi connectivity index (χ4v) is 3.38. The summed E-state index contributed by atoms with van der Waals surface area (Å²) in [5, 5.41) is 7.47. The molecule has 1 aliphatic rings. The molecule has 0 radical (unpaired) electrons. The molecule has 26 heavy (non-hydrogen) atoms. The first-order valence-corrected chi connectivity index (χ1v) is 8.50.